The minimum atomic E-state index is -0.734. The molecule has 0 fully saturated rings. The highest BCUT2D eigenvalue weighted by Crippen LogP contribution is 2.44. The summed E-state index contributed by atoms with van der Waals surface area (Å²) in [6.45, 7) is 3.97. The molecule has 0 saturated carbocycles. The number of carbonyl (C=O) groups is 1. The van der Waals surface area contributed by atoms with Gasteiger partial charge in [-0.3, -0.25) is 4.79 Å². The number of nitrogens with one attached hydrogen (secondary N) is 2. The van der Waals surface area contributed by atoms with Crippen LogP contribution in [0.4, 0.5) is 5.69 Å². The zero-order valence-electron chi connectivity index (χ0n) is 17.3. The molecule has 8 nitrogen and oxygen atoms in total. The zero-order valence-corrected chi connectivity index (χ0v) is 17.3. The third kappa shape index (κ3) is 3.80. The molecule has 0 spiro atoms. The normalized spacial score (nSPS) is 15.1. The Morgan fingerprint density at radius 3 is 2.67 bits per heavy atom. The molecule has 0 aliphatic carbocycles. The summed E-state index contributed by atoms with van der Waals surface area (Å²) in [6, 6.07) is 6.99. The highest BCUT2D eigenvalue weighted by molar-refractivity contribution is 5.95. The van der Waals surface area contributed by atoms with E-state index in [0.29, 0.717) is 39.4 Å². The fraction of sp³-hybridized carbons (Fsp3) is 0.318. The minimum Gasteiger partial charge on any atom is -0.496 e. The largest absolute Gasteiger partial charge is 0.496 e. The van der Waals surface area contributed by atoms with Crippen LogP contribution in [-0.2, 0) is 14.3 Å². The Morgan fingerprint density at radius 2 is 2.00 bits per heavy atom. The summed E-state index contributed by atoms with van der Waals surface area (Å²) in [5.74, 6) is -0.884. The van der Waals surface area contributed by atoms with Gasteiger partial charge in [-0.05, 0) is 31.5 Å². The molecule has 156 valence electrons. The summed E-state index contributed by atoms with van der Waals surface area (Å²) in [6.07, 6.45) is 1.62. The fourth-order valence-electron chi connectivity index (χ4n) is 3.60. The Hall–Kier alpha value is -3.57. The van der Waals surface area contributed by atoms with Crippen molar-refractivity contribution in [1.82, 2.24) is 4.98 Å². The number of benzene rings is 1. The van der Waals surface area contributed by atoms with Crippen molar-refractivity contribution in [1.29, 1.82) is 5.26 Å². The van der Waals surface area contributed by atoms with Gasteiger partial charge in [-0.25, -0.2) is 4.79 Å². The lowest BCUT2D eigenvalue weighted by atomic mass is 9.80. The number of carbonyl (C=O) groups excluding carboxylic acids is 1. The Balaban J connectivity index is 2.25. The summed E-state index contributed by atoms with van der Waals surface area (Å²) in [5, 5.41) is 12.4. The first-order valence-electron chi connectivity index (χ1n) is 9.37. The van der Waals surface area contributed by atoms with Gasteiger partial charge in [0.1, 0.15) is 12.4 Å². The van der Waals surface area contributed by atoms with Crippen molar-refractivity contribution >= 4 is 11.7 Å². The highest BCUT2D eigenvalue weighted by atomic mass is 16.6. The first-order valence-corrected chi connectivity index (χ1v) is 9.37. The number of aryl methyl sites for hydroxylation is 1. The molecule has 3 rings (SSSR count). The van der Waals surface area contributed by atoms with Gasteiger partial charge in [0.05, 0.1) is 48.1 Å². The summed E-state index contributed by atoms with van der Waals surface area (Å²) < 4.78 is 15.8. The van der Waals surface area contributed by atoms with Crippen LogP contribution in [0.25, 0.3) is 0 Å². The van der Waals surface area contributed by atoms with E-state index in [1.165, 1.54) is 14.2 Å². The molecule has 0 saturated heterocycles. The Bertz CT molecular complexity index is 1110. The van der Waals surface area contributed by atoms with E-state index in [0.717, 1.165) is 5.56 Å². The molecule has 1 aromatic carbocycles. The monoisotopic (exact) mass is 409 g/mol. The van der Waals surface area contributed by atoms with Crippen LogP contribution in [-0.4, -0.2) is 38.4 Å². The summed E-state index contributed by atoms with van der Waals surface area (Å²) >= 11 is 0. The van der Waals surface area contributed by atoms with Gasteiger partial charge in [-0.15, -0.1) is 0 Å². The molecule has 0 bridgehead atoms. The van der Waals surface area contributed by atoms with E-state index >= 15 is 0 Å². The van der Waals surface area contributed by atoms with Crippen LogP contribution < -0.4 is 15.6 Å². The maximum atomic E-state index is 13.0. The molecule has 2 aromatic rings. The van der Waals surface area contributed by atoms with E-state index < -0.39 is 11.9 Å². The van der Waals surface area contributed by atoms with Crippen molar-refractivity contribution in [3.63, 3.8) is 0 Å². The van der Waals surface area contributed by atoms with Crippen molar-refractivity contribution in [2.45, 2.75) is 19.8 Å². The summed E-state index contributed by atoms with van der Waals surface area (Å²) in [5.41, 5.74) is 3.42. The van der Waals surface area contributed by atoms with Gasteiger partial charge in [0.15, 0.2) is 0 Å². The number of fused-ring (bicyclic) bond motifs is 1. The SMILES string of the molecule is COCCOC(=O)C1=C(C)Nc2c(C)c[nH]c(=O)c2C1c1ccc(C#N)cc1OC. The average Bonchev–Trinajstić information content (AvgIpc) is 2.75. The van der Waals surface area contributed by atoms with Crippen molar-refractivity contribution in [3.05, 3.63) is 68.3 Å². The number of allylic oxidation sites excluding steroid dienone is 1. The molecule has 1 atom stereocenters. The molecule has 2 N–H and O–H groups in total. The predicted molar refractivity (Wildman–Crippen MR) is 111 cm³/mol. The van der Waals surface area contributed by atoms with E-state index in [4.69, 9.17) is 14.2 Å². The number of ether oxygens (including phenoxy) is 3. The lowest BCUT2D eigenvalue weighted by Crippen LogP contribution is -2.31. The number of rotatable bonds is 6. The van der Waals surface area contributed by atoms with Crippen LogP contribution in [0.15, 0.2) is 40.5 Å². The number of H-pyrrole nitrogens is 1. The first-order chi connectivity index (χ1) is 14.4. The fourth-order valence-corrected chi connectivity index (χ4v) is 3.60. The highest BCUT2D eigenvalue weighted by Gasteiger charge is 2.37. The van der Waals surface area contributed by atoms with E-state index in [9.17, 15) is 14.9 Å². The van der Waals surface area contributed by atoms with Crippen molar-refractivity contribution in [3.8, 4) is 11.8 Å². The molecule has 1 aromatic heterocycles. The Labute approximate surface area is 174 Å². The molecule has 1 unspecified atom stereocenters. The molecular formula is C22H23N3O5. The number of pyridine rings is 1. The number of esters is 1. The Kier molecular flexibility index (Phi) is 6.23. The van der Waals surface area contributed by atoms with Crippen LogP contribution in [0.2, 0.25) is 0 Å². The molecule has 0 radical (unpaired) electrons. The first kappa shape index (κ1) is 21.1. The van der Waals surface area contributed by atoms with Gasteiger partial charge in [0.25, 0.3) is 5.56 Å². The molecule has 0 amide bonds. The van der Waals surface area contributed by atoms with Crippen molar-refractivity contribution in [2.75, 3.05) is 32.8 Å². The van der Waals surface area contributed by atoms with Gasteiger partial charge >= 0.3 is 5.97 Å². The quantitative estimate of drug-likeness (QED) is 0.557. The average molecular weight is 409 g/mol. The van der Waals surface area contributed by atoms with E-state index in [1.807, 2.05) is 6.92 Å². The maximum Gasteiger partial charge on any atom is 0.336 e. The number of aromatic nitrogens is 1. The summed E-state index contributed by atoms with van der Waals surface area (Å²) in [4.78, 5) is 28.6. The summed E-state index contributed by atoms with van der Waals surface area (Å²) in [7, 11) is 3.00. The van der Waals surface area contributed by atoms with Crippen molar-refractivity contribution in [2.24, 2.45) is 0 Å². The smallest absolute Gasteiger partial charge is 0.336 e. The van der Waals surface area contributed by atoms with Crippen LogP contribution >= 0.6 is 0 Å². The predicted octanol–water partition coefficient (Wildman–Crippen LogP) is 2.58. The number of methoxy groups -OCH3 is 2. The maximum absolute atomic E-state index is 13.0. The molecule has 30 heavy (non-hydrogen) atoms. The van der Waals surface area contributed by atoms with Gasteiger partial charge in [-0.1, -0.05) is 6.07 Å². The number of hydrogen-bond donors (Lipinski definition) is 2. The van der Waals surface area contributed by atoms with Crippen LogP contribution in [0.5, 0.6) is 5.75 Å². The molecule has 8 heteroatoms. The van der Waals surface area contributed by atoms with E-state index in [1.54, 1.807) is 31.3 Å². The second kappa shape index (κ2) is 8.84. The minimum absolute atomic E-state index is 0.0837. The van der Waals surface area contributed by atoms with E-state index in [-0.39, 0.29) is 18.8 Å². The van der Waals surface area contributed by atoms with Crippen LogP contribution in [0.3, 0.4) is 0 Å². The number of nitrogens with zero attached hydrogens (tertiary/aromatic N) is 1. The van der Waals surface area contributed by atoms with E-state index in [2.05, 4.69) is 16.4 Å². The van der Waals surface area contributed by atoms with Gasteiger partial charge in [-0.2, -0.15) is 5.26 Å². The lowest BCUT2D eigenvalue weighted by Gasteiger charge is -2.31. The number of anilines is 1. The molecule has 1 aliphatic rings. The molecule has 2 heterocycles. The third-order valence-electron chi connectivity index (χ3n) is 5.04. The Morgan fingerprint density at radius 1 is 1.23 bits per heavy atom. The zero-order chi connectivity index (χ0) is 21.8. The third-order valence-corrected chi connectivity index (χ3v) is 5.04. The van der Waals surface area contributed by atoms with Gasteiger partial charge < -0.3 is 24.5 Å². The van der Waals surface area contributed by atoms with Crippen LogP contribution in [0.1, 0.15) is 35.1 Å². The van der Waals surface area contributed by atoms with Crippen LogP contribution in [0, 0.1) is 18.3 Å². The molecule has 1 aliphatic heterocycles. The number of hydrogen-bond acceptors (Lipinski definition) is 7. The standard InChI is InChI=1S/C22H23N3O5/c1-12-11-24-21(26)19-18(15-6-5-14(10-23)9-16(15)29-4)17(13(2)25-20(12)19)22(27)30-8-7-28-3/h5-6,9,11,18,25H,7-8H2,1-4H3,(H,24,26). The van der Waals surface area contributed by atoms with Crippen molar-refractivity contribution < 1.29 is 19.0 Å². The molecular weight excluding hydrogens is 386 g/mol. The van der Waals surface area contributed by atoms with Gasteiger partial charge in [0.2, 0.25) is 0 Å². The van der Waals surface area contributed by atoms with Gasteiger partial charge in [0, 0.05) is 24.6 Å². The number of aromatic amines is 1. The topological polar surface area (TPSA) is 113 Å². The second-order valence-electron chi connectivity index (χ2n) is 6.88. The number of nitriles is 1. The lowest BCUT2D eigenvalue weighted by molar-refractivity contribution is -0.140. The second-order valence-corrected chi connectivity index (χ2v) is 6.88.